The smallest absolute Gasteiger partial charge is 0.317 e. The summed E-state index contributed by atoms with van der Waals surface area (Å²) in [4.78, 5) is 20.4. The molecule has 0 saturated carbocycles. The Bertz CT molecular complexity index is 729. The molecule has 0 aliphatic carbocycles. The molecule has 1 atom stereocenters. The Labute approximate surface area is 147 Å². The van der Waals surface area contributed by atoms with Crippen LogP contribution in [0.5, 0.6) is 5.75 Å². The van der Waals surface area contributed by atoms with E-state index in [4.69, 9.17) is 4.74 Å². The topological polar surface area (TPSA) is 86.4 Å². The normalized spacial score (nSPS) is 16.8. The van der Waals surface area contributed by atoms with Gasteiger partial charge >= 0.3 is 6.03 Å². The minimum absolute atomic E-state index is 0.0238. The Morgan fingerprint density at radius 2 is 2.36 bits per heavy atom. The van der Waals surface area contributed by atoms with E-state index in [0.29, 0.717) is 19.6 Å². The Balaban J connectivity index is 1.53. The Kier molecular flexibility index (Phi) is 5.06. The fraction of sp³-hybridized carbons (Fsp3) is 0.471. The molecule has 0 aromatic carbocycles. The van der Waals surface area contributed by atoms with Crippen molar-refractivity contribution in [2.75, 3.05) is 32.1 Å². The van der Waals surface area contributed by atoms with Crippen LogP contribution < -0.4 is 15.0 Å². The van der Waals surface area contributed by atoms with Crippen molar-refractivity contribution >= 4 is 11.8 Å². The van der Waals surface area contributed by atoms with Crippen molar-refractivity contribution in [1.82, 2.24) is 25.4 Å². The first-order valence-electron chi connectivity index (χ1n) is 8.35. The number of likely N-dealkylation sites (tertiary alicyclic amines) is 1. The van der Waals surface area contributed by atoms with Crippen molar-refractivity contribution in [2.24, 2.45) is 0 Å². The third-order valence-electron chi connectivity index (χ3n) is 4.26. The quantitative estimate of drug-likeness (QED) is 0.859. The Morgan fingerprint density at radius 1 is 1.52 bits per heavy atom. The lowest BCUT2D eigenvalue weighted by Gasteiger charge is -2.20. The predicted molar refractivity (Wildman–Crippen MR) is 94.7 cm³/mol. The number of aromatic amines is 1. The second kappa shape index (κ2) is 7.42. The molecule has 0 spiro atoms. The molecule has 2 amide bonds. The molecule has 1 saturated heterocycles. The molecule has 134 valence electrons. The maximum absolute atomic E-state index is 12.3. The number of aromatic nitrogens is 3. The van der Waals surface area contributed by atoms with E-state index in [9.17, 15) is 4.79 Å². The van der Waals surface area contributed by atoms with Gasteiger partial charge in [0.25, 0.3) is 0 Å². The summed E-state index contributed by atoms with van der Waals surface area (Å²) in [5, 5.41) is 9.76. The van der Waals surface area contributed by atoms with Gasteiger partial charge in [-0.15, -0.1) is 0 Å². The summed E-state index contributed by atoms with van der Waals surface area (Å²) in [5.41, 5.74) is 1.96. The number of hydrogen-bond donors (Lipinski definition) is 2. The molecule has 3 rings (SSSR count). The van der Waals surface area contributed by atoms with E-state index in [1.165, 1.54) is 0 Å². The number of urea groups is 1. The van der Waals surface area contributed by atoms with E-state index >= 15 is 0 Å². The van der Waals surface area contributed by atoms with Gasteiger partial charge in [0.15, 0.2) is 11.6 Å². The number of hydrogen-bond acceptors (Lipinski definition) is 5. The van der Waals surface area contributed by atoms with Crippen molar-refractivity contribution in [3.63, 3.8) is 0 Å². The van der Waals surface area contributed by atoms with Gasteiger partial charge in [0.1, 0.15) is 6.10 Å². The van der Waals surface area contributed by atoms with Crippen LogP contribution in [0.2, 0.25) is 0 Å². The van der Waals surface area contributed by atoms with Crippen LogP contribution in [0.1, 0.15) is 17.7 Å². The number of amides is 2. The van der Waals surface area contributed by atoms with Crippen LogP contribution in [-0.4, -0.2) is 59.4 Å². The van der Waals surface area contributed by atoms with Gasteiger partial charge in [-0.3, -0.25) is 5.10 Å². The number of carbonyl (C=O) groups is 1. The zero-order chi connectivity index (χ0) is 17.8. The lowest BCUT2D eigenvalue weighted by Crippen LogP contribution is -2.39. The van der Waals surface area contributed by atoms with Crippen molar-refractivity contribution in [3.05, 3.63) is 35.8 Å². The molecule has 0 unspecified atom stereocenters. The number of aryl methyl sites for hydroxylation is 1. The van der Waals surface area contributed by atoms with Crippen molar-refractivity contribution < 1.29 is 9.53 Å². The monoisotopic (exact) mass is 344 g/mol. The molecular formula is C17H24N6O2. The van der Waals surface area contributed by atoms with Crippen molar-refractivity contribution in [3.8, 4) is 5.75 Å². The zero-order valence-electron chi connectivity index (χ0n) is 14.8. The summed E-state index contributed by atoms with van der Waals surface area (Å²) in [5.74, 6) is 1.54. The molecule has 3 heterocycles. The second-order valence-corrected chi connectivity index (χ2v) is 6.37. The number of nitrogens with zero attached hydrogens (tertiary/aromatic N) is 4. The molecular weight excluding hydrogens is 320 g/mol. The van der Waals surface area contributed by atoms with Crippen LogP contribution in [0, 0.1) is 6.92 Å². The van der Waals surface area contributed by atoms with E-state index in [1.807, 2.05) is 38.1 Å². The number of carbonyl (C=O) groups excluding carboxylic acids is 1. The predicted octanol–water partition coefficient (Wildman–Crippen LogP) is 1.54. The third kappa shape index (κ3) is 4.01. The lowest BCUT2D eigenvalue weighted by molar-refractivity contribution is 0.186. The molecule has 2 N–H and O–H groups in total. The van der Waals surface area contributed by atoms with Gasteiger partial charge in [0.05, 0.1) is 12.7 Å². The van der Waals surface area contributed by atoms with E-state index in [0.717, 1.165) is 29.2 Å². The summed E-state index contributed by atoms with van der Waals surface area (Å²) >= 11 is 0. The Hall–Kier alpha value is -2.77. The van der Waals surface area contributed by atoms with Gasteiger partial charge in [0, 0.05) is 51.1 Å². The Morgan fingerprint density at radius 3 is 3.08 bits per heavy atom. The van der Waals surface area contributed by atoms with Crippen LogP contribution >= 0.6 is 0 Å². The maximum Gasteiger partial charge on any atom is 0.317 e. The molecule has 1 aliphatic heterocycles. The van der Waals surface area contributed by atoms with Crippen LogP contribution in [0.3, 0.4) is 0 Å². The summed E-state index contributed by atoms with van der Waals surface area (Å²) in [6.07, 6.45) is 4.26. The molecule has 1 fully saturated rings. The van der Waals surface area contributed by atoms with Crippen LogP contribution in [-0.2, 0) is 6.54 Å². The zero-order valence-corrected chi connectivity index (χ0v) is 14.8. The van der Waals surface area contributed by atoms with Gasteiger partial charge in [-0.05, 0) is 19.1 Å². The minimum Gasteiger partial charge on any atom is -0.485 e. The molecule has 25 heavy (non-hydrogen) atoms. The number of ether oxygens (including phenoxy) is 1. The average Bonchev–Trinajstić information content (AvgIpc) is 3.22. The molecule has 1 aliphatic rings. The van der Waals surface area contributed by atoms with Crippen molar-refractivity contribution in [1.29, 1.82) is 0 Å². The molecule has 2 aromatic heterocycles. The molecule has 8 heteroatoms. The largest absolute Gasteiger partial charge is 0.485 e. The second-order valence-electron chi connectivity index (χ2n) is 6.37. The SMILES string of the molecule is Cc1[nH]ncc1CNC(=O)N1CC[C@H](Oc2cccnc2N(C)C)C1. The molecule has 0 radical (unpaired) electrons. The van der Waals surface area contributed by atoms with E-state index in [2.05, 4.69) is 20.5 Å². The molecule has 8 nitrogen and oxygen atoms in total. The summed E-state index contributed by atoms with van der Waals surface area (Å²) < 4.78 is 6.08. The average molecular weight is 344 g/mol. The van der Waals surface area contributed by atoms with E-state index < -0.39 is 0 Å². The summed E-state index contributed by atoms with van der Waals surface area (Å²) in [6, 6.07) is 3.69. The van der Waals surface area contributed by atoms with Crippen LogP contribution in [0.4, 0.5) is 10.6 Å². The summed E-state index contributed by atoms with van der Waals surface area (Å²) in [6.45, 7) is 3.65. The fourth-order valence-electron chi connectivity index (χ4n) is 2.83. The standard InChI is InChI=1S/C17H24N6O2/c1-12-13(10-20-21-12)9-19-17(24)23-8-6-14(11-23)25-15-5-4-7-18-16(15)22(2)3/h4-5,7,10,14H,6,8-9,11H2,1-3H3,(H,19,24)(H,20,21)/t14-/m0/s1. The summed E-state index contributed by atoms with van der Waals surface area (Å²) in [7, 11) is 3.86. The first-order valence-corrected chi connectivity index (χ1v) is 8.35. The van der Waals surface area contributed by atoms with Gasteiger partial charge in [-0.1, -0.05) is 0 Å². The van der Waals surface area contributed by atoms with Crippen LogP contribution in [0.25, 0.3) is 0 Å². The number of pyridine rings is 1. The number of nitrogens with one attached hydrogen (secondary N) is 2. The first kappa shape index (κ1) is 17.1. The maximum atomic E-state index is 12.3. The highest BCUT2D eigenvalue weighted by Crippen LogP contribution is 2.26. The van der Waals surface area contributed by atoms with Crippen LogP contribution in [0.15, 0.2) is 24.5 Å². The van der Waals surface area contributed by atoms with Gasteiger partial charge in [0.2, 0.25) is 0 Å². The fourth-order valence-corrected chi connectivity index (χ4v) is 2.83. The molecule has 0 bridgehead atoms. The number of rotatable bonds is 5. The highest BCUT2D eigenvalue weighted by atomic mass is 16.5. The van der Waals surface area contributed by atoms with Crippen molar-refractivity contribution in [2.45, 2.75) is 26.0 Å². The van der Waals surface area contributed by atoms with Gasteiger partial charge in [-0.2, -0.15) is 5.10 Å². The number of anilines is 1. The molecule has 2 aromatic rings. The number of H-pyrrole nitrogens is 1. The van der Waals surface area contributed by atoms with E-state index in [1.54, 1.807) is 17.3 Å². The minimum atomic E-state index is -0.0780. The van der Waals surface area contributed by atoms with E-state index in [-0.39, 0.29) is 12.1 Å². The lowest BCUT2D eigenvalue weighted by atomic mass is 10.3. The van der Waals surface area contributed by atoms with Gasteiger partial charge < -0.3 is 19.9 Å². The van der Waals surface area contributed by atoms with Gasteiger partial charge in [-0.25, -0.2) is 9.78 Å². The highest BCUT2D eigenvalue weighted by molar-refractivity contribution is 5.74. The first-order chi connectivity index (χ1) is 12.0. The highest BCUT2D eigenvalue weighted by Gasteiger charge is 2.28. The third-order valence-corrected chi connectivity index (χ3v) is 4.26.